The van der Waals surface area contributed by atoms with Crippen LogP contribution >= 0.6 is 12.2 Å². The minimum Gasteiger partial charge on any atom is -0.350 e. The molecule has 126 valence electrons. The third kappa shape index (κ3) is 6.78. The molecular weight excluding hydrogens is 310 g/mol. The Morgan fingerprint density at radius 3 is 2.43 bits per heavy atom. The average molecular weight is 335 g/mol. The van der Waals surface area contributed by atoms with Crippen molar-refractivity contribution in [1.82, 2.24) is 10.6 Å². The van der Waals surface area contributed by atoms with E-state index in [-0.39, 0.29) is 28.9 Å². The molecule has 0 aliphatic heterocycles. The fourth-order valence-electron chi connectivity index (χ4n) is 1.90. The van der Waals surface area contributed by atoms with Gasteiger partial charge in [-0.3, -0.25) is 9.59 Å². The first-order valence-electron chi connectivity index (χ1n) is 7.84. The van der Waals surface area contributed by atoms with Crippen molar-refractivity contribution < 1.29 is 9.59 Å². The van der Waals surface area contributed by atoms with E-state index < -0.39 is 0 Å². The summed E-state index contributed by atoms with van der Waals surface area (Å²) in [6.07, 6.45) is 1.25. The highest BCUT2D eigenvalue weighted by Crippen LogP contribution is 2.15. The van der Waals surface area contributed by atoms with Gasteiger partial charge in [0, 0.05) is 12.5 Å². The Balaban J connectivity index is 2.75. The van der Waals surface area contributed by atoms with Gasteiger partial charge in [-0.25, -0.2) is 0 Å². The van der Waals surface area contributed by atoms with Crippen LogP contribution in [0.4, 0.5) is 5.69 Å². The van der Waals surface area contributed by atoms with Gasteiger partial charge >= 0.3 is 0 Å². The normalized spacial score (nSPS) is 11.7. The SMILES string of the molecule is CCC(C)NC(=O)c1ccccc1NC(=S)NC(=O)CC(C)C. The fourth-order valence-corrected chi connectivity index (χ4v) is 2.12. The Bertz CT molecular complexity index is 573. The molecule has 5 nitrogen and oxygen atoms in total. The first-order chi connectivity index (χ1) is 10.8. The Hall–Kier alpha value is -1.95. The van der Waals surface area contributed by atoms with Crippen LogP contribution in [0.15, 0.2) is 24.3 Å². The van der Waals surface area contributed by atoms with Crippen LogP contribution in [0.5, 0.6) is 0 Å². The van der Waals surface area contributed by atoms with E-state index in [1.165, 1.54) is 0 Å². The molecule has 1 aromatic rings. The number of carbonyl (C=O) groups excluding carboxylic acids is 2. The summed E-state index contributed by atoms with van der Waals surface area (Å²) < 4.78 is 0. The number of hydrogen-bond donors (Lipinski definition) is 3. The molecule has 0 bridgehead atoms. The number of carbonyl (C=O) groups is 2. The zero-order valence-electron chi connectivity index (χ0n) is 14.1. The lowest BCUT2D eigenvalue weighted by Gasteiger charge is -2.16. The van der Waals surface area contributed by atoms with Crippen molar-refractivity contribution in [2.75, 3.05) is 5.32 Å². The molecule has 1 rings (SSSR count). The Labute approximate surface area is 143 Å². The predicted molar refractivity (Wildman–Crippen MR) is 97.5 cm³/mol. The van der Waals surface area contributed by atoms with E-state index in [4.69, 9.17) is 12.2 Å². The van der Waals surface area contributed by atoms with Crippen molar-refractivity contribution in [3.8, 4) is 0 Å². The van der Waals surface area contributed by atoms with Crippen LogP contribution in [-0.4, -0.2) is 23.0 Å². The highest BCUT2D eigenvalue weighted by Gasteiger charge is 2.14. The van der Waals surface area contributed by atoms with Crippen molar-refractivity contribution in [3.63, 3.8) is 0 Å². The molecular formula is C17H25N3O2S. The molecule has 0 aliphatic rings. The van der Waals surface area contributed by atoms with Crippen molar-refractivity contribution in [1.29, 1.82) is 0 Å². The van der Waals surface area contributed by atoms with Gasteiger partial charge < -0.3 is 16.0 Å². The van der Waals surface area contributed by atoms with Crippen molar-refractivity contribution >= 4 is 34.8 Å². The molecule has 0 radical (unpaired) electrons. The maximum absolute atomic E-state index is 12.3. The van der Waals surface area contributed by atoms with E-state index in [1.807, 2.05) is 27.7 Å². The van der Waals surface area contributed by atoms with Crippen molar-refractivity contribution in [3.05, 3.63) is 29.8 Å². The maximum atomic E-state index is 12.3. The van der Waals surface area contributed by atoms with Crippen molar-refractivity contribution in [2.24, 2.45) is 5.92 Å². The first kappa shape index (κ1) is 19.1. The average Bonchev–Trinajstić information content (AvgIpc) is 2.46. The van der Waals surface area contributed by atoms with Crippen LogP contribution in [0, 0.1) is 5.92 Å². The van der Waals surface area contributed by atoms with Gasteiger partial charge in [-0.2, -0.15) is 0 Å². The summed E-state index contributed by atoms with van der Waals surface area (Å²) in [5, 5.41) is 8.66. The summed E-state index contributed by atoms with van der Waals surface area (Å²) in [4.78, 5) is 24.0. The number of amides is 2. The molecule has 0 aromatic heterocycles. The summed E-state index contributed by atoms with van der Waals surface area (Å²) in [5.74, 6) is -0.0517. The number of hydrogen-bond acceptors (Lipinski definition) is 3. The molecule has 6 heteroatoms. The van der Waals surface area contributed by atoms with Gasteiger partial charge in [0.05, 0.1) is 11.3 Å². The second-order valence-electron chi connectivity index (χ2n) is 5.93. The molecule has 0 fully saturated rings. The van der Waals surface area contributed by atoms with Gasteiger partial charge in [0.2, 0.25) is 5.91 Å². The van der Waals surface area contributed by atoms with E-state index >= 15 is 0 Å². The molecule has 0 spiro atoms. The van der Waals surface area contributed by atoms with Gasteiger partial charge in [0.1, 0.15) is 0 Å². The lowest BCUT2D eigenvalue weighted by Crippen LogP contribution is -2.36. The fraction of sp³-hybridized carbons (Fsp3) is 0.471. The van der Waals surface area contributed by atoms with E-state index in [1.54, 1.807) is 24.3 Å². The van der Waals surface area contributed by atoms with Crippen LogP contribution in [0.25, 0.3) is 0 Å². The molecule has 0 aliphatic carbocycles. The number of thiocarbonyl (C=S) groups is 1. The first-order valence-corrected chi connectivity index (χ1v) is 8.25. The van der Waals surface area contributed by atoms with Crippen LogP contribution in [-0.2, 0) is 4.79 Å². The summed E-state index contributed by atoms with van der Waals surface area (Å²) >= 11 is 5.15. The Kier molecular flexibility index (Phi) is 7.68. The number of rotatable bonds is 6. The monoisotopic (exact) mass is 335 g/mol. The minimum atomic E-state index is -0.168. The summed E-state index contributed by atoms with van der Waals surface area (Å²) in [6.45, 7) is 7.88. The van der Waals surface area contributed by atoms with Crippen LogP contribution in [0.3, 0.4) is 0 Å². The van der Waals surface area contributed by atoms with Gasteiger partial charge in [-0.15, -0.1) is 0 Å². The van der Waals surface area contributed by atoms with Gasteiger partial charge in [0.25, 0.3) is 5.91 Å². The van der Waals surface area contributed by atoms with Crippen molar-refractivity contribution in [2.45, 2.75) is 46.6 Å². The number of para-hydroxylation sites is 1. The summed E-state index contributed by atoms with van der Waals surface area (Å²) in [5.41, 5.74) is 1.07. The number of benzene rings is 1. The second kappa shape index (κ2) is 9.25. The zero-order chi connectivity index (χ0) is 17.4. The standard InChI is InChI=1S/C17H25N3O2S/c1-5-12(4)18-16(22)13-8-6-7-9-14(13)19-17(23)20-15(21)10-11(2)3/h6-9,11-12H,5,10H2,1-4H3,(H,18,22)(H2,19,20,21,23). The van der Waals surface area contributed by atoms with E-state index in [0.717, 1.165) is 6.42 Å². The predicted octanol–water partition coefficient (Wildman–Crippen LogP) is 3.07. The lowest BCUT2D eigenvalue weighted by atomic mass is 10.1. The van der Waals surface area contributed by atoms with E-state index in [0.29, 0.717) is 17.7 Å². The molecule has 1 aromatic carbocycles. The second-order valence-corrected chi connectivity index (χ2v) is 6.34. The van der Waals surface area contributed by atoms with Gasteiger partial charge in [-0.05, 0) is 43.6 Å². The minimum absolute atomic E-state index is 0.0910. The molecule has 23 heavy (non-hydrogen) atoms. The highest BCUT2D eigenvalue weighted by molar-refractivity contribution is 7.80. The third-order valence-electron chi connectivity index (χ3n) is 3.26. The van der Waals surface area contributed by atoms with Crippen LogP contribution in [0.2, 0.25) is 0 Å². The van der Waals surface area contributed by atoms with Gasteiger partial charge in [-0.1, -0.05) is 32.9 Å². The third-order valence-corrected chi connectivity index (χ3v) is 3.46. The van der Waals surface area contributed by atoms with Gasteiger partial charge in [0.15, 0.2) is 5.11 Å². The van der Waals surface area contributed by atoms with E-state index in [9.17, 15) is 9.59 Å². The lowest BCUT2D eigenvalue weighted by molar-refractivity contribution is -0.120. The maximum Gasteiger partial charge on any atom is 0.253 e. The largest absolute Gasteiger partial charge is 0.350 e. The zero-order valence-corrected chi connectivity index (χ0v) is 14.9. The highest BCUT2D eigenvalue weighted by atomic mass is 32.1. The molecule has 0 saturated heterocycles. The summed E-state index contributed by atoms with van der Waals surface area (Å²) in [7, 11) is 0. The molecule has 2 amide bonds. The van der Waals surface area contributed by atoms with E-state index in [2.05, 4.69) is 16.0 Å². The van der Waals surface area contributed by atoms with Crippen LogP contribution < -0.4 is 16.0 Å². The smallest absolute Gasteiger partial charge is 0.253 e. The topological polar surface area (TPSA) is 70.2 Å². The molecule has 3 N–H and O–H groups in total. The summed E-state index contributed by atoms with van der Waals surface area (Å²) in [6, 6.07) is 7.16. The van der Waals surface area contributed by atoms with Crippen LogP contribution in [0.1, 0.15) is 50.9 Å². The Morgan fingerprint density at radius 2 is 1.83 bits per heavy atom. The number of anilines is 1. The molecule has 1 unspecified atom stereocenters. The quantitative estimate of drug-likeness (QED) is 0.699. The molecule has 1 atom stereocenters. The molecule has 0 saturated carbocycles. The Morgan fingerprint density at radius 1 is 1.17 bits per heavy atom. The number of nitrogens with one attached hydrogen (secondary N) is 3. The molecule has 0 heterocycles.